The van der Waals surface area contributed by atoms with E-state index in [4.69, 9.17) is 0 Å². The van der Waals surface area contributed by atoms with Crippen LogP contribution in [0.1, 0.15) is 11.1 Å². The molecule has 0 spiro atoms. The van der Waals surface area contributed by atoms with E-state index in [-0.39, 0.29) is 11.7 Å². The van der Waals surface area contributed by atoms with E-state index in [1.807, 2.05) is 31.3 Å². The Morgan fingerprint density at radius 2 is 1.91 bits per heavy atom. The first-order valence-corrected chi connectivity index (χ1v) is 7.85. The molecule has 2 rings (SSSR count). The molecule has 0 aliphatic heterocycles. The highest BCUT2D eigenvalue weighted by Gasteiger charge is 2.11. The van der Waals surface area contributed by atoms with E-state index in [9.17, 15) is 9.18 Å². The molecule has 0 heterocycles. The summed E-state index contributed by atoms with van der Waals surface area (Å²) in [4.78, 5) is 13.1. The lowest BCUT2D eigenvalue weighted by Crippen LogP contribution is -3.08. The van der Waals surface area contributed by atoms with Crippen molar-refractivity contribution in [2.75, 3.05) is 18.9 Å². The quantitative estimate of drug-likeness (QED) is 0.838. The summed E-state index contributed by atoms with van der Waals surface area (Å²) in [6.07, 6.45) is 0. The smallest absolute Gasteiger partial charge is 0.279 e. The third-order valence-electron chi connectivity index (χ3n) is 3.34. The molecule has 5 heteroatoms. The number of hydrogen-bond donors (Lipinski definition) is 2. The first kappa shape index (κ1) is 16.6. The molecule has 1 unspecified atom stereocenters. The van der Waals surface area contributed by atoms with Crippen molar-refractivity contribution in [3.05, 3.63) is 63.9 Å². The van der Waals surface area contributed by atoms with Gasteiger partial charge in [0.15, 0.2) is 6.54 Å². The Morgan fingerprint density at radius 1 is 1.23 bits per heavy atom. The Balaban J connectivity index is 1.88. The van der Waals surface area contributed by atoms with E-state index < -0.39 is 0 Å². The first-order valence-electron chi connectivity index (χ1n) is 7.06. The van der Waals surface area contributed by atoms with Crippen molar-refractivity contribution in [2.45, 2.75) is 13.5 Å². The SMILES string of the molecule is Cc1ccc(NC(=O)C[NH+](C)Cc2ccc(Br)cc2)cc1F. The van der Waals surface area contributed by atoms with Gasteiger partial charge in [-0.2, -0.15) is 0 Å². The van der Waals surface area contributed by atoms with Crippen molar-refractivity contribution in [3.8, 4) is 0 Å². The van der Waals surface area contributed by atoms with Crippen LogP contribution >= 0.6 is 15.9 Å². The number of quaternary nitrogens is 1. The summed E-state index contributed by atoms with van der Waals surface area (Å²) < 4.78 is 14.5. The number of benzene rings is 2. The largest absolute Gasteiger partial charge is 0.326 e. The second kappa shape index (κ2) is 7.51. The van der Waals surface area contributed by atoms with Crippen LogP contribution in [-0.4, -0.2) is 19.5 Å². The van der Waals surface area contributed by atoms with Crippen molar-refractivity contribution < 1.29 is 14.1 Å². The monoisotopic (exact) mass is 365 g/mol. The van der Waals surface area contributed by atoms with Crippen LogP contribution in [0.2, 0.25) is 0 Å². The molecule has 116 valence electrons. The fourth-order valence-corrected chi connectivity index (χ4v) is 2.43. The zero-order valence-corrected chi connectivity index (χ0v) is 14.2. The molecule has 0 aliphatic carbocycles. The molecule has 2 aromatic rings. The molecule has 3 nitrogen and oxygen atoms in total. The molecule has 0 aliphatic rings. The number of carbonyl (C=O) groups excluding carboxylic acids is 1. The fraction of sp³-hybridized carbons (Fsp3) is 0.235. The molecule has 2 aromatic carbocycles. The highest BCUT2D eigenvalue weighted by Crippen LogP contribution is 2.13. The van der Waals surface area contributed by atoms with Gasteiger partial charge in [0.25, 0.3) is 5.91 Å². The summed E-state index contributed by atoms with van der Waals surface area (Å²) in [5.74, 6) is -0.439. The Labute approximate surface area is 138 Å². The van der Waals surface area contributed by atoms with Crippen LogP contribution in [0.3, 0.4) is 0 Å². The average molecular weight is 366 g/mol. The van der Waals surface area contributed by atoms with Crippen LogP contribution in [0.4, 0.5) is 10.1 Å². The number of nitrogens with one attached hydrogen (secondary N) is 2. The molecule has 22 heavy (non-hydrogen) atoms. The number of aryl methyl sites for hydroxylation is 1. The minimum atomic E-state index is -0.312. The maximum absolute atomic E-state index is 13.5. The first-order chi connectivity index (χ1) is 10.4. The number of likely N-dealkylation sites (N-methyl/N-ethyl adjacent to an activating group) is 1. The lowest BCUT2D eigenvalue weighted by Gasteiger charge is -2.14. The summed E-state index contributed by atoms with van der Waals surface area (Å²) in [7, 11) is 1.96. The fourth-order valence-electron chi connectivity index (χ4n) is 2.16. The van der Waals surface area contributed by atoms with E-state index >= 15 is 0 Å². The van der Waals surface area contributed by atoms with Gasteiger partial charge < -0.3 is 10.2 Å². The maximum atomic E-state index is 13.5. The highest BCUT2D eigenvalue weighted by molar-refractivity contribution is 9.10. The Kier molecular flexibility index (Phi) is 5.69. The van der Waals surface area contributed by atoms with E-state index in [0.29, 0.717) is 17.8 Å². The second-order valence-electron chi connectivity index (χ2n) is 5.45. The highest BCUT2D eigenvalue weighted by atomic mass is 79.9. The van der Waals surface area contributed by atoms with Crippen LogP contribution in [0.15, 0.2) is 46.9 Å². The average Bonchev–Trinajstić information content (AvgIpc) is 2.45. The minimum Gasteiger partial charge on any atom is -0.326 e. The summed E-state index contributed by atoms with van der Waals surface area (Å²) in [5.41, 5.74) is 2.22. The molecule has 0 saturated carbocycles. The number of anilines is 1. The van der Waals surface area contributed by atoms with Crippen LogP contribution in [0, 0.1) is 12.7 Å². The second-order valence-corrected chi connectivity index (χ2v) is 6.36. The van der Waals surface area contributed by atoms with Crippen LogP contribution < -0.4 is 10.2 Å². The molecule has 0 saturated heterocycles. The number of rotatable bonds is 5. The zero-order valence-electron chi connectivity index (χ0n) is 12.6. The lowest BCUT2D eigenvalue weighted by molar-refractivity contribution is -0.885. The van der Waals surface area contributed by atoms with Crippen molar-refractivity contribution in [1.29, 1.82) is 0 Å². The number of halogens is 2. The summed E-state index contributed by atoms with van der Waals surface area (Å²) in [5, 5.41) is 2.73. The van der Waals surface area contributed by atoms with Gasteiger partial charge in [0.1, 0.15) is 12.4 Å². The van der Waals surface area contributed by atoms with Crippen LogP contribution in [-0.2, 0) is 11.3 Å². The number of amides is 1. The van der Waals surface area contributed by atoms with Gasteiger partial charge in [-0.25, -0.2) is 4.39 Å². The summed E-state index contributed by atoms with van der Waals surface area (Å²) >= 11 is 3.40. The standard InChI is InChI=1S/C17H18BrFN2O/c1-12-3-8-15(9-16(12)19)20-17(22)11-21(2)10-13-4-6-14(18)7-5-13/h3-9H,10-11H2,1-2H3,(H,20,22)/p+1. The topological polar surface area (TPSA) is 33.5 Å². The third-order valence-corrected chi connectivity index (χ3v) is 3.87. The van der Waals surface area contributed by atoms with Gasteiger partial charge in [0.2, 0.25) is 0 Å². The Hall–Kier alpha value is -1.72. The van der Waals surface area contributed by atoms with Crippen molar-refractivity contribution in [3.63, 3.8) is 0 Å². The number of hydrogen-bond acceptors (Lipinski definition) is 1. The van der Waals surface area contributed by atoms with Crippen molar-refractivity contribution in [1.82, 2.24) is 0 Å². The van der Waals surface area contributed by atoms with E-state index in [0.717, 1.165) is 21.5 Å². The number of carbonyl (C=O) groups is 1. The predicted molar refractivity (Wildman–Crippen MR) is 89.4 cm³/mol. The van der Waals surface area contributed by atoms with Gasteiger partial charge in [-0.05, 0) is 36.8 Å². The van der Waals surface area contributed by atoms with Gasteiger partial charge in [-0.3, -0.25) is 4.79 Å². The Morgan fingerprint density at radius 3 is 2.55 bits per heavy atom. The molecule has 0 aromatic heterocycles. The third kappa shape index (κ3) is 4.93. The van der Waals surface area contributed by atoms with Gasteiger partial charge in [0, 0.05) is 15.7 Å². The van der Waals surface area contributed by atoms with Crippen LogP contribution in [0.25, 0.3) is 0 Å². The minimum absolute atomic E-state index is 0.127. The Bertz CT molecular complexity index is 658. The van der Waals surface area contributed by atoms with E-state index in [2.05, 4.69) is 21.2 Å². The van der Waals surface area contributed by atoms with Gasteiger partial charge >= 0.3 is 0 Å². The van der Waals surface area contributed by atoms with E-state index in [1.165, 1.54) is 6.07 Å². The summed E-state index contributed by atoms with van der Waals surface area (Å²) in [6.45, 7) is 2.77. The molecule has 0 fully saturated rings. The molecule has 0 radical (unpaired) electrons. The summed E-state index contributed by atoms with van der Waals surface area (Å²) in [6, 6.07) is 12.7. The zero-order chi connectivity index (χ0) is 16.1. The molecular weight excluding hydrogens is 347 g/mol. The molecule has 1 atom stereocenters. The van der Waals surface area contributed by atoms with Gasteiger partial charge in [-0.15, -0.1) is 0 Å². The lowest BCUT2D eigenvalue weighted by atomic mass is 10.2. The predicted octanol–water partition coefficient (Wildman–Crippen LogP) is 2.55. The van der Waals surface area contributed by atoms with Crippen molar-refractivity contribution in [2.24, 2.45) is 0 Å². The normalized spacial score (nSPS) is 12.0. The van der Waals surface area contributed by atoms with Crippen molar-refractivity contribution >= 4 is 27.5 Å². The molecule has 2 N–H and O–H groups in total. The van der Waals surface area contributed by atoms with Crippen LogP contribution in [0.5, 0.6) is 0 Å². The van der Waals surface area contributed by atoms with E-state index in [1.54, 1.807) is 19.1 Å². The molecule has 0 bridgehead atoms. The maximum Gasteiger partial charge on any atom is 0.279 e. The molecular formula is C17H19BrFN2O+. The van der Waals surface area contributed by atoms with Gasteiger partial charge in [-0.1, -0.05) is 34.1 Å². The molecule has 1 amide bonds. The van der Waals surface area contributed by atoms with Gasteiger partial charge in [0.05, 0.1) is 7.05 Å².